The highest BCUT2D eigenvalue weighted by Crippen LogP contribution is 2.26. The van der Waals surface area contributed by atoms with E-state index >= 15 is 0 Å². The Labute approximate surface area is 166 Å². The summed E-state index contributed by atoms with van der Waals surface area (Å²) in [5, 5.41) is 3.09. The maximum Gasteiger partial charge on any atom is 0.270 e. The van der Waals surface area contributed by atoms with Crippen LogP contribution in [0.2, 0.25) is 5.02 Å². The summed E-state index contributed by atoms with van der Waals surface area (Å²) < 4.78 is 5.58. The summed E-state index contributed by atoms with van der Waals surface area (Å²) in [6, 6.07) is 13.7. The fourth-order valence-corrected chi connectivity index (χ4v) is 2.92. The van der Waals surface area contributed by atoms with Crippen molar-refractivity contribution in [3.05, 3.63) is 77.3 Å². The molecule has 0 aromatic heterocycles. The van der Waals surface area contributed by atoms with Crippen LogP contribution in [0.1, 0.15) is 5.56 Å². The molecule has 1 aliphatic rings. The Hall–Kier alpha value is -2.96. The lowest BCUT2D eigenvalue weighted by Crippen LogP contribution is -2.54. The minimum Gasteiger partial charge on any atom is -0.489 e. The highest BCUT2D eigenvalue weighted by Gasteiger charge is 2.34. The van der Waals surface area contributed by atoms with Crippen LogP contribution >= 0.6 is 23.8 Å². The van der Waals surface area contributed by atoms with Crippen molar-refractivity contribution in [1.29, 1.82) is 0 Å². The molecular weight excluding hydrogens is 384 g/mol. The van der Waals surface area contributed by atoms with Gasteiger partial charge in [-0.3, -0.25) is 19.8 Å². The van der Waals surface area contributed by atoms with E-state index in [2.05, 4.69) is 11.9 Å². The molecule has 136 valence electrons. The van der Waals surface area contributed by atoms with E-state index in [-0.39, 0.29) is 10.7 Å². The quantitative estimate of drug-likeness (QED) is 0.361. The predicted octanol–water partition coefficient (Wildman–Crippen LogP) is 3.74. The SMILES string of the molecule is C=CCOc1ccccc1C=C1C(=O)NC(=S)N(c2ccc(Cl)cc2)C1=O. The molecule has 0 atom stereocenters. The minimum atomic E-state index is -0.561. The summed E-state index contributed by atoms with van der Waals surface area (Å²) >= 11 is 11.1. The third-order valence-corrected chi connectivity index (χ3v) is 4.30. The van der Waals surface area contributed by atoms with Gasteiger partial charge in [-0.15, -0.1) is 0 Å². The molecule has 3 rings (SSSR count). The molecule has 1 fully saturated rings. The largest absolute Gasteiger partial charge is 0.489 e. The molecule has 0 bridgehead atoms. The second kappa shape index (κ2) is 8.16. The van der Waals surface area contributed by atoms with Gasteiger partial charge in [-0.2, -0.15) is 0 Å². The maximum atomic E-state index is 13.0. The third kappa shape index (κ3) is 4.07. The fourth-order valence-electron chi connectivity index (χ4n) is 2.52. The Bertz CT molecular complexity index is 954. The number of thiocarbonyl (C=S) groups is 1. The van der Waals surface area contributed by atoms with E-state index in [4.69, 9.17) is 28.6 Å². The molecule has 1 heterocycles. The number of amides is 2. The summed E-state index contributed by atoms with van der Waals surface area (Å²) in [5.74, 6) is -0.546. The Balaban J connectivity index is 2.00. The number of para-hydroxylation sites is 1. The van der Waals surface area contributed by atoms with E-state index in [1.54, 1.807) is 54.6 Å². The molecule has 2 aromatic rings. The first-order valence-electron chi connectivity index (χ1n) is 8.01. The average Bonchev–Trinajstić information content (AvgIpc) is 2.65. The van der Waals surface area contributed by atoms with E-state index in [9.17, 15) is 9.59 Å². The van der Waals surface area contributed by atoms with Crippen LogP contribution < -0.4 is 15.0 Å². The first-order valence-corrected chi connectivity index (χ1v) is 8.79. The predicted molar refractivity (Wildman–Crippen MR) is 110 cm³/mol. The van der Waals surface area contributed by atoms with Gasteiger partial charge in [0.25, 0.3) is 11.8 Å². The third-order valence-electron chi connectivity index (χ3n) is 3.76. The van der Waals surface area contributed by atoms with Gasteiger partial charge in [0.2, 0.25) is 0 Å². The summed E-state index contributed by atoms with van der Waals surface area (Å²) in [6.45, 7) is 3.92. The molecule has 1 aliphatic heterocycles. The average molecular weight is 399 g/mol. The van der Waals surface area contributed by atoms with Gasteiger partial charge < -0.3 is 4.74 Å². The van der Waals surface area contributed by atoms with Crippen LogP contribution in [-0.4, -0.2) is 23.5 Å². The van der Waals surface area contributed by atoms with Gasteiger partial charge in [0.15, 0.2) is 5.11 Å². The number of hydrogen-bond acceptors (Lipinski definition) is 4. The number of nitrogens with one attached hydrogen (secondary N) is 1. The topological polar surface area (TPSA) is 58.6 Å². The summed E-state index contributed by atoms with van der Waals surface area (Å²) in [4.78, 5) is 26.6. The first kappa shape index (κ1) is 18.8. The zero-order valence-corrected chi connectivity index (χ0v) is 15.7. The molecule has 2 amide bonds. The van der Waals surface area contributed by atoms with E-state index in [0.717, 1.165) is 0 Å². The number of carbonyl (C=O) groups excluding carboxylic acids is 2. The molecule has 27 heavy (non-hydrogen) atoms. The van der Waals surface area contributed by atoms with E-state index in [1.165, 1.54) is 11.0 Å². The van der Waals surface area contributed by atoms with Crippen LogP contribution in [0, 0.1) is 0 Å². The van der Waals surface area contributed by atoms with E-state index in [1.807, 2.05) is 0 Å². The number of nitrogens with zero attached hydrogens (tertiary/aromatic N) is 1. The number of ether oxygens (including phenoxy) is 1. The summed E-state index contributed by atoms with van der Waals surface area (Å²) in [5.41, 5.74) is 1.06. The van der Waals surface area contributed by atoms with Crippen LogP contribution in [0.3, 0.4) is 0 Å². The van der Waals surface area contributed by atoms with Crippen LogP contribution in [0.25, 0.3) is 6.08 Å². The van der Waals surface area contributed by atoms with Crippen molar-refractivity contribution >= 4 is 52.5 Å². The molecular formula is C20H15ClN2O3S. The molecule has 0 radical (unpaired) electrons. The first-order chi connectivity index (χ1) is 13.0. The Kier molecular flexibility index (Phi) is 5.69. The van der Waals surface area contributed by atoms with E-state index in [0.29, 0.717) is 28.6 Å². The van der Waals surface area contributed by atoms with E-state index < -0.39 is 11.8 Å². The summed E-state index contributed by atoms with van der Waals surface area (Å²) in [6.07, 6.45) is 3.10. The number of benzene rings is 2. The molecule has 2 aromatic carbocycles. The van der Waals surface area contributed by atoms with Crippen LogP contribution in [-0.2, 0) is 9.59 Å². The standard InChI is InChI=1S/C20H15ClN2O3S/c1-2-11-26-17-6-4-3-5-13(17)12-16-18(24)22-20(27)23(19(16)25)15-9-7-14(21)8-10-15/h2-10,12H,1,11H2,(H,22,24,27). The zero-order valence-electron chi connectivity index (χ0n) is 14.1. The molecule has 5 nitrogen and oxygen atoms in total. The van der Waals surface area contributed by atoms with Crippen molar-refractivity contribution in [2.75, 3.05) is 11.5 Å². The lowest BCUT2D eigenvalue weighted by atomic mass is 10.1. The van der Waals surface area contributed by atoms with Gasteiger partial charge in [-0.1, -0.05) is 42.5 Å². The Morgan fingerprint density at radius 2 is 1.85 bits per heavy atom. The minimum absolute atomic E-state index is 0.0145. The van der Waals surface area contributed by atoms with Gasteiger partial charge in [0.05, 0.1) is 5.69 Å². The van der Waals surface area contributed by atoms with Gasteiger partial charge >= 0.3 is 0 Å². The number of rotatable bonds is 5. The lowest BCUT2D eigenvalue weighted by Gasteiger charge is -2.29. The second-order valence-corrected chi connectivity index (χ2v) is 6.39. The van der Waals surface area contributed by atoms with Crippen molar-refractivity contribution < 1.29 is 14.3 Å². The summed E-state index contributed by atoms with van der Waals surface area (Å²) in [7, 11) is 0. The van der Waals surface area contributed by atoms with Crippen LogP contribution in [0.5, 0.6) is 5.75 Å². The monoisotopic (exact) mass is 398 g/mol. The van der Waals surface area contributed by atoms with Crippen molar-refractivity contribution in [3.63, 3.8) is 0 Å². The highest BCUT2D eigenvalue weighted by atomic mass is 35.5. The maximum absolute atomic E-state index is 13.0. The van der Waals surface area contributed by atoms with Crippen molar-refractivity contribution in [2.45, 2.75) is 0 Å². The molecule has 7 heteroatoms. The van der Waals surface area contributed by atoms with Crippen molar-refractivity contribution in [3.8, 4) is 5.75 Å². The second-order valence-electron chi connectivity index (χ2n) is 5.57. The van der Waals surface area contributed by atoms with Crippen molar-refractivity contribution in [1.82, 2.24) is 5.32 Å². The Morgan fingerprint density at radius 3 is 2.56 bits per heavy atom. The molecule has 0 aliphatic carbocycles. The molecule has 0 spiro atoms. The van der Waals surface area contributed by atoms with Gasteiger partial charge in [-0.05, 0) is 48.6 Å². The normalized spacial score (nSPS) is 15.7. The van der Waals surface area contributed by atoms with Crippen LogP contribution in [0.4, 0.5) is 5.69 Å². The van der Waals surface area contributed by atoms with Gasteiger partial charge in [0.1, 0.15) is 17.9 Å². The number of halogens is 1. The number of anilines is 1. The lowest BCUT2D eigenvalue weighted by molar-refractivity contribution is -0.122. The molecule has 0 unspecified atom stereocenters. The smallest absolute Gasteiger partial charge is 0.270 e. The van der Waals surface area contributed by atoms with Crippen molar-refractivity contribution in [2.24, 2.45) is 0 Å². The molecule has 1 N–H and O–H groups in total. The van der Waals surface area contributed by atoms with Gasteiger partial charge in [0, 0.05) is 10.6 Å². The van der Waals surface area contributed by atoms with Gasteiger partial charge in [-0.25, -0.2) is 0 Å². The highest BCUT2D eigenvalue weighted by molar-refractivity contribution is 7.80. The Morgan fingerprint density at radius 1 is 1.15 bits per heavy atom. The fraction of sp³-hybridized carbons (Fsp3) is 0.0500. The molecule has 0 saturated carbocycles. The number of hydrogen-bond donors (Lipinski definition) is 1. The number of carbonyl (C=O) groups is 2. The zero-order chi connectivity index (χ0) is 19.4. The van der Waals surface area contributed by atoms with Crippen LogP contribution in [0.15, 0.2) is 66.8 Å². The molecule has 1 saturated heterocycles.